The van der Waals surface area contributed by atoms with Gasteiger partial charge in [0.15, 0.2) is 0 Å². The highest BCUT2D eigenvalue weighted by molar-refractivity contribution is 5.85. The second-order valence-electron chi connectivity index (χ2n) is 4.24. The lowest BCUT2D eigenvalue weighted by atomic mass is 9.98. The van der Waals surface area contributed by atoms with Crippen molar-refractivity contribution in [2.45, 2.75) is 39.2 Å². The maximum absolute atomic E-state index is 5.65. The van der Waals surface area contributed by atoms with E-state index in [0.717, 1.165) is 31.8 Å². The molecule has 0 saturated heterocycles. The molecule has 0 radical (unpaired) electrons. The van der Waals surface area contributed by atoms with Gasteiger partial charge in [-0.15, -0.1) is 24.8 Å². The number of pyridine rings is 1. The van der Waals surface area contributed by atoms with E-state index in [2.05, 4.69) is 36.3 Å². The molecule has 104 valence electrons. The van der Waals surface area contributed by atoms with Gasteiger partial charge >= 0.3 is 0 Å². The number of ether oxygens (including phenoxy) is 1. The summed E-state index contributed by atoms with van der Waals surface area (Å²) in [6.45, 7) is 6.91. The Balaban J connectivity index is 0.00000144. The summed E-state index contributed by atoms with van der Waals surface area (Å²) >= 11 is 0. The Morgan fingerprint density at radius 2 is 2.00 bits per heavy atom. The van der Waals surface area contributed by atoms with E-state index in [4.69, 9.17) is 4.74 Å². The van der Waals surface area contributed by atoms with Gasteiger partial charge in [-0.05, 0) is 18.9 Å². The Morgan fingerprint density at radius 1 is 1.28 bits per heavy atom. The van der Waals surface area contributed by atoms with Crippen LogP contribution in [-0.2, 0) is 6.54 Å². The maximum atomic E-state index is 5.65. The Morgan fingerprint density at radius 3 is 2.67 bits per heavy atom. The number of nitrogens with zero attached hydrogens (tertiary/aromatic N) is 1. The van der Waals surface area contributed by atoms with Crippen LogP contribution in [0.15, 0.2) is 12.1 Å². The van der Waals surface area contributed by atoms with Gasteiger partial charge in [0.1, 0.15) is 6.61 Å². The normalized spacial score (nSPS) is 13.7. The minimum absolute atomic E-state index is 0. The third kappa shape index (κ3) is 4.01. The molecule has 0 spiro atoms. The molecule has 0 aliphatic carbocycles. The zero-order valence-electron chi connectivity index (χ0n) is 10.9. The molecule has 5 heteroatoms. The molecule has 0 amide bonds. The van der Waals surface area contributed by atoms with Gasteiger partial charge < -0.3 is 10.1 Å². The zero-order valence-corrected chi connectivity index (χ0v) is 12.6. The van der Waals surface area contributed by atoms with Crippen LogP contribution in [0.3, 0.4) is 0 Å². The van der Waals surface area contributed by atoms with E-state index in [-0.39, 0.29) is 24.8 Å². The molecular weight excluding hydrogens is 271 g/mol. The number of aromatic nitrogens is 1. The minimum Gasteiger partial charge on any atom is -0.476 e. The lowest BCUT2D eigenvalue weighted by Gasteiger charge is -2.14. The molecule has 2 heterocycles. The second kappa shape index (κ2) is 8.57. The summed E-state index contributed by atoms with van der Waals surface area (Å²) in [4.78, 5) is 4.65. The van der Waals surface area contributed by atoms with Crippen molar-refractivity contribution in [2.75, 3.05) is 13.2 Å². The molecule has 0 fully saturated rings. The van der Waals surface area contributed by atoms with Gasteiger partial charge in [0.25, 0.3) is 0 Å². The Labute approximate surface area is 122 Å². The molecule has 1 aromatic heterocycles. The highest BCUT2D eigenvalue weighted by atomic mass is 35.5. The molecule has 1 aliphatic heterocycles. The largest absolute Gasteiger partial charge is 0.476 e. The molecule has 1 aromatic rings. The summed E-state index contributed by atoms with van der Waals surface area (Å²) in [5.74, 6) is 1.39. The Kier molecular flexibility index (Phi) is 8.32. The molecule has 1 N–H and O–H groups in total. The molecule has 0 unspecified atom stereocenters. The third-order valence-corrected chi connectivity index (χ3v) is 3.20. The number of hydrogen-bond acceptors (Lipinski definition) is 3. The fourth-order valence-corrected chi connectivity index (χ4v) is 2.12. The van der Waals surface area contributed by atoms with E-state index < -0.39 is 0 Å². The smallest absolute Gasteiger partial charge is 0.218 e. The van der Waals surface area contributed by atoms with E-state index in [1.165, 1.54) is 11.3 Å². The first kappa shape index (κ1) is 17.5. The molecule has 0 aromatic carbocycles. The van der Waals surface area contributed by atoms with Gasteiger partial charge in [-0.3, -0.25) is 0 Å². The van der Waals surface area contributed by atoms with Gasteiger partial charge in [0.05, 0.1) is 0 Å². The standard InChI is InChI=1S/C13H20N2O.2ClH/c1-3-10(4-2)12-6-5-11-9-14-7-8-16-13(11)15-12;;/h5-6,10,14H,3-4,7-9H2,1-2H3;2*1H. The molecule has 0 atom stereocenters. The summed E-state index contributed by atoms with van der Waals surface area (Å²) in [5, 5.41) is 3.32. The predicted molar refractivity (Wildman–Crippen MR) is 79.3 cm³/mol. The van der Waals surface area contributed by atoms with Crippen LogP contribution in [0.5, 0.6) is 5.88 Å². The van der Waals surface area contributed by atoms with Crippen LogP contribution in [-0.4, -0.2) is 18.1 Å². The monoisotopic (exact) mass is 292 g/mol. The SMILES string of the molecule is CCC(CC)c1ccc2c(n1)OCCNC2.Cl.Cl. The molecule has 2 rings (SSSR count). The quantitative estimate of drug-likeness (QED) is 0.928. The summed E-state index contributed by atoms with van der Waals surface area (Å²) in [6, 6.07) is 4.29. The second-order valence-corrected chi connectivity index (χ2v) is 4.24. The van der Waals surface area contributed by atoms with Crippen LogP contribution in [0.25, 0.3) is 0 Å². The van der Waals surface area contributed by atoms with Crippen LogP contribution in [0, 0.1) is 0 Å². The lowest BCUT2D eigenvalue weighted by molar-refractivity contribution is 0.312. The van der Waals surface area contributed by atoms with Crippen LogP contribution >= 0.6 is 24.8 Å². The minimum atomic E-state index is 0. The summed E-state index contributed by atoms with van der Waals surface area (Å²) in [7, 11) is 0. The number of halogens is 2. The van der Waals surface area contributed by atoms with E-state index in [0.29, 0.717) is 12.5 Å². The van der Waals surface area contributed by atoms with Crippen molar-refractivity contribution < 1.29 is 4.74 Å². The van der Waals surface area contributed by atoms with Crippen molar-refractivity contribution in [1.82, 2.24) is 10.3 Å². The molecule has 18 heavy (non-hydrogen) atoms. The van der Waals surface area contributed by atoms with Crippen molar-refractivity contribution in [3.8, 4) is 5.88 Å². The zero-order chi connectivity index (χ0) is 11.4. The predicted octanol–water partition coefficient (Wildman–Crippen LogP) is 3.31. The molecule has 1 aliphatic rings. The van der Waals surface area contributed by atoms with Gasteiger partial charge in [0, 0.05) is 30.3 Å². The van der Waals surface area contributed by atoms with Crippen LogP contribution in [0.2, 0.25) is 0 Å². The van der Waals surface area contributed by atoms with Crippen molar-refractivity contribution in [3.63, 3.8) is 0 Å². The van der Waals surface area contributed by atoms with E-state index in [1.54, 1.807) is 0 Å². The van der Waals surface area contributed by atoms with E-state index in [9.17, 15) is 0 Å². The summed E-state index contributed by atoms with van der Waals surface area (Å²) in [6.07, 6.45) is 2.28. The van der Waals surface area contributed by atoms with Crippen molar-refractivity contribution in [2.24, 2.45) is 0 Å². The fraction of sp³-hybridized carbons (Fsp3) is 0.615. The summed E-state index contributed by atoms with van der Waals surface area (Å²) < 4.78 is 5.65. The van der Waals surface area contributed by atoms with E-state index >= 15 is 0 Å². The first-order chi connectivity index (χ1) is 7.85. The van der Waals surface area contributed by atoms with Crippen molar-refractivity contribution in [1.29, 1.82) is 0 Å². The highest BCUT2D eigenvalue weighted by Crippen LogP contribution is 2.25. The van der Waals surface area contributed by atoms with Crippen molar-refractivity contribution >= 4 is 24.8 Å². The van der Waals surface area contributed by atoms with Crippen LogP contribution < -0.4 is 10.1 Å². The van der Waals surface area contributed by atoms with Gasteiger partial charge in [-0.1, -0.05) is 19.9 Å². The Hall–Kier alpha value is -0.510. The van der Waals surface area contributed by atoms with Crippen LogP contribution in [0.1, 0.15) is 43.9 Å². The third-order valence-electron chi connectivity index (χ3n) is 3.20. The first-order valence-corrected chi connectivity index (χ1v) is 6.18. The maximum Gasteiger partial charge on any atom is 0.218 e. The first-order valence-electron chi connectivity index (χ1n) is 6.18. The van der Waals surface area contributed by atoms with Gasteiger partial charge in [-0.25, -0.2) is 4.98 Å². The van der Waals surface area contributed by atoms with Crippen molar-refractivity contribution in [3.05, 3.63) is 23.4 Å². The van der Waals surface area contributed by atoms with Crippen LogP contribution in [0.4, 0.5) is 0 Å². The fourth-order valence-electron chi connectivity index (χ4n) is 2.12. The molecule has 0 bridgehead atoms. The highest BCUT2D eigenvalue weighted by Gasteiger charge is 2.14. The topological polar surface area (TPSA) is 34.1 Å². The average molecular weight is 293 g/mol. The van der Waals surface area contributed by atoms with E-state index in [1.807, 2.05) is 0 Å². The lowest BCUT2D eigenvalue weighted by Crippen LogP contribution is -2.16. The average Bonchev–Trinajstić information content (AvgIpc) is 2.55. The number of hydrogen-bond donors (Lipinski definition) is 1. The van der Waals surface area contributed by atoms with Gasteiger partial charge in [0.2, 0.25) is 5.88 Å². The molecule has 3 nitrogen and oxygen atoms in total. The Bertz CT molecular complexity index is 357. The number of fused-ring (bicyclic) bond motifs is 1. The molecular formula is C13H22Cl2N2O. The number of nitrogens with one attached hydrogen (secondary N) is 1. The molecule has 0 saturated carbocycles. The number of rotatable bonds is 3. The summed E-state index contributed by atoms with van der Waals surface area (Å²) in [5.41, 5.74) is 2.35. The van der Waals surface area contributed by atoms with Gasteiger partial charge in [-0.2, -0.15) is 0 Å².